The van der Waals surface area contributed by atoms with Crippen molar-refractivity contribution in [1.29, 1.82) is 0 Å². The van der Waals surface area contributed by atoms with Crippen molar-refractivity contribution < 1.29 is 23.6 Å². The summed E-state index contributed by atoms with van der Waals surface area (Å²) >= 11 is 0. The van der Waals surface area contributed by atoms with Gasteiger partial charge in [0, 0.05) is 31.0 Å². The summed E-state index contributed by atoms with van der Waals surface area (Å²) in [7, 11) is 1.76. The highest BCUT2D eigenvalue weighted by atomic mass is 16.5. The maximum Gasteiger partial charge on any atom is 0.264 e. The third-order valence-electron chi connectivity index (χ3n) is 4.68. The van der Waals surface area contributed by atoms with Crippen molar-refractivity contribution in [3.8, 4) is 5.75 Å². The van der Waals surface area contributed by atoms with Crippen LogP contribution in [0.1, 0.15) is 30.1 Å². The lowest BCUT2D eigenvalue weighted by Crippen LogP contribution is -2.39. The third-order valence-corrected chi connectivity index (χ3v) is 4.68. The largest absolute Gasteiger partial charge is 0.484 e. The molecule has 0 saturated carbocycles. The summed E-state index contributed by atoms with van der Waals surface area (Å²) < 4.78 is 12.1. The molecule has 150 valence electrons. The SMILES string of the molecule is Cc1cc(NC(=O)COc2ccc3c(C4CCC(=O)NC4=O)nn(C)c3c2)on1. The first-order valence-corrected chi connectivity index (χ1v) is 9.07. The molecule has 1 atom stereocenters. The molecule has 3 aromatic rings. The second-order valence-electron chi connectivity index (χ2n) is 6.86. The van der Waals surface area contributed by atoms with Gasteiger partial charge in [-0.3, -0.25) is 29.7 Å². The van der Waals surface area contributed by atoms with E-state index in [0.717, 1.165) is 10.9 Å². The lowest BCUT2D eigenvalue weighted by Gasteiger charge is -2.19. The van der Waals surface area contributed by atoms with E-state index in [1.54, 1.807) is 42.9 Å². The minimum absolute atomic E-state index is 0.205. The number of anilines is 1. The minimum Gasteiger partial charge on any atom is -0.484 e. The van der Waals surface area contributed by atoms with E-state index >= 15 is 0 Å². The van der Waals surface area contributed by atoms with Gasteiger partial charge in [-0.25, -0.2) is 0 Å². The van der Waals surface area contributed by atoms with Gasteiger partial charge in [0.2, 0.25) is 17.7 Å². The molecule has 0 aliphatic carbocycles. The Kier molecular flexibility index (Phi) is 4.75. The van der Waals surface area contributed by atoms with Gasteiger partial charge in [0.05, 0.1) is 22.8 Å². The first-order chi connectivity index (χ1) is 13.9. The fraction of sp³-hybridized carbons (Fsp3) is 0.316. The molecule has 1 saturated heterocycles. The van der Waals surface area contributed by atoms with Gasteiger partial charge in [-0.05, 0) is 25.5 Å². The zero-order valence-corrected chi connectivity index (χ0v) is 15.9. The van der Waals surface area contributed by atoms with E-state index < -0.39 is 5.92 Å². The average molecular weight is 397 g/mol. The number of carbonyl (C=O) groups excluding carboxylic acids is 3. The Hall–Kier alpha value is -3.69. The summed E-state index contributed by atoms with van der Waals surface area (Å²) in [6.45, 7) is 1.55. The van der Waals surface area contributed by atoms with Crippen molar-refractivity contribution in [3.63, 3.8) is 0 Å². The van der Waals surface area contributed by atoms with Gasteiger partial charge in [0.25, 0.3) is 5.91 Å². The van der Waals surface area contributed by atoms with Crippen LogP contribution in [0.2, 0.25) is 0 Å². The smallest absolute Gasteiger partial charge is 0.264 e. The zero-order chi connectivity index (χ0) is 20.5. The summed E-state index contributed by atoms with van der Waals surface area (Å²) in [4.78, 5) is 35.6. The molecule has 1 aliphatic heterocycles. The molecule has 2 N–H and O–H groups in total. The monoisotopic (exact) mass is 397 g/mol. The number of aryl methyl sites for hydroxylation is 2. The van der Waals surface area contributed by atoms with Crippen LogP contribution in [0.5, 0.6) is 5.75 Å². The standard InChI is InChI=1S/C19H19N5O5/c1-10-7-17(29-23-10)20-16(26)9-28-11-3-4-12-14(8-11)24(2)22-18(12)13-5-6-15(25)21-19(13)27/h3-4,7-8,13H,5-6,9H2,1-2H3,(H,20,26)(H,21,25,27). The van der Waals surface area contributed by atoms with Crippen molar-refractivity contribution in [2.45, 2.75) is 25.7 Å². The zero-order valence-electron chi connectivity index (χ0n) is 15.9. The van der Waals surface area contributed by atoms with Crippen LogP contribution in [0.3, 0.4) is 0 Å². The highest BCUT2D eigenvalue weighted by Crippen LogP contribution is 2.31. The topological polar surface area (TPSA) is 128 Å². The second-order valence-corrected chi connectivity index (χ2v) is 6.86. The Morgan fingerprint density at radius 1 is 1.38 bits per heavy atom. The van der Waals surface area contributed by atoms with Crippen molar-refractivity contribution in [1.82, 2.24) is 20.3 Å². The van der Waals surface area contributed by atoms with Gasteiger partial charge in [-0.1, -0.05) is 5.16 Å². The van der Waals surface area contributed by atoms with E-state index in [9.17, 15) is 14.4 Å². The first kappa shape index (κ1) is 18.7. The molecule has 0 spiro atoms. The highest BCUT2D eigenvalue weighted by Gasteiger charge is 2.31. The van der Waals surface area contributed by atoms with Crippen LogP contribution in [-0.2, 0) is 21.4 Å². The average Bonchev–Trinajstić information content (AvgIpc) is 3.23. The van der Waals surface area contributed by atoms with E-state index in [1.165, 1.54) is 0 Å². The molecular weight excluding hydrogens is 378 g/mol. The molecule has 3 amide bonds. The Labute approximate surface area is 165 Å². The molecule has 2 aromatic heterocycles. The molecule has 4 rings (SSSR count). The first-order valence-electron chi connectivity index (χ1n) is 9.07. The molecule has 10 nitrogen and oxygen atoms in total. The Morgan fingerprint density at radius 3 is 2.93 bits per heavy atom. The number of imide groups is 1. The predicted octanol–water partition coefficient (Wildman–Crippen LogP) is 1.41. The fourth-order valence-electron chi connectivity index (χ4n) is 3.31. The summed E-state index contributed by atoms with van der Waals surface area (Å²) in [5.74, 6) is -0.706. The number of nitrogens with zero attached hydrogens (tertiary/aromatic N) is 3. The molecular formula is C19H19N5O5. The Morgan fingerprint density at radius 2 is 2.21 bits per heavy atom. The van der Waals surface area contributed by atoms with Gasteiger partial charge in [-0.2, -0.15) is 5.10 Å². The summed E-state index contributed by atoms with van der Waals surface area (Å²) in [6, 6.07) is 6.87. The lowest BCUT2D eigenvalue weighted by atomic mass is 9.93. The maximum absolute atomic E-state index is 12.2. The number of amides is 3. The van der Waals surface area contributed by atoms with Crippen molar-refractivity contribution in [2.24, 2.45) is 7.05 Å². The molecule has 1 unspecified atom stereocenters. The van der Waals surface area contributed by atoms with Crippen LogP contribution in [0.4, 0.5) is 5.88 Å². The van der Waals surface area contributed by atoms with Crippen molar-refractivity contribution in [3.05, 3.63) is 35.7 Å². The normalized spacial score (nSPS) is 16.7. The number of fused-ring (bicyclic) bond motifs is 1. The third kappa shape index (κ3) is 3.82. The molecule has 29 heavy (non-hydrogen) atoms. The van der Waals surface area contributed by atoms with Crippen LogP contribution in [0, 0.1) is 6.92 Å². The van der Waals surface area contributed by atoms with Crippen LogP contribution in [-0.4, -0.2) is 39.3 Å². The highest BCUT2D eigenvalue weighted by molar-refractivity contribution is 6.02. The summed E-state index contributed by atoms with van der Waals surface area (Å²) in [6.07, 6.45) is 0.714. The van der Waals surface area contributed by atoms with E-state index in [2.05, 4.69) is 20.9 Å². The number of ether oxygens (including phenoxy) is 1. The van der Waals surface area contributed by atoms with Crippen molar-refractivity contribution in [2.75, 3.05) is 11.9 Å². The van der Waals surface area contributed by atoms with Gasteiger partial charge in [0.1, 0.15) is 5.75 Å². The van der Waals surface area contributed by atoms with Crippen LogP contribution >= 0.6 is 0 Å². The summed E-state index contributed by atoms with van der Waals surface area (Å²) in [5.41, 5.74) is 2.04. The van der Waals surface area contributed by atoms with Gasteiger partial charge in [0.15, 0.2) is 6.61 Å². The second kappa shape index (κ2) is 7.38. The number of benzene rings is 1. The number of aromatic nitrogens is 3. The molecule has 0 bridgehead atoms. The van der Waals surface area contributed by atoms with E-state index in [-0.39, 0.29) is 36.6 Å². The minimum atomic E-state index is -0.473. The van der Waals surface area contributed by atoms with Crippen molar-refractivity contribution >= 4 is 34.5 Å². The molecule has 3 heterocycles. The maximum atomic E-state index is 12.2. The summed E-state index contributed by atoms with van der Waals surface area (Å²) in [5, 5.41) is 13.9. The Bertz CT molecular complexity index is 1120. The van der Waals surface area contributed by atoms with Gasteiger partial charge >= 0.3 is 0 Å². The van der Waals surface area contributed by atoms with Crippen LogP contribution in [0.15, 0.2) is 28.8 Å². The number of piperidine rings is 1. The van der Waals surface area contributed by atoms with Gasteiger partial charge < -0.3 is 9.26 Å². The van der Waals surface area contributed by atoms with E-state index in [1.807, 2.05) is 0 Å². The number of carbonyl (C=O) groups is 3. The molecule has 1 fully saturated rings. The fourth-order valence-corrected chi connectivity index (χ4v) is 3.31. The number of hydrogen-bond acceptors (Lipinski definition) is 7. The number of nitrogens with one attached hydrogen (secondary N) is 2. The van der Waals surface area contributed by atoms with Crippen LogP contribution < -0.4 is 15.4 Å². The number of rotatable bonds is 5. The lowest BCUT2D eigenvalue weighted by molar-refractivity contribution is -0.134. The number of hydrogen-bond donors (Lipinski definition) is 2. The predicted molar refractivity (Wildman–Crippen MR) is 101 cm³/mol. The molecule has 0 radical (unpaired) electrons. The van der Waals surface area contributed by atoms with E-state index in [0.29, 0.717) is 23.6 Å². The van der Waals surface area contributed by atoms with Gasteiger partial charge in [-0.15, -0.1) is 0 Å². The Balaban J connectivity index is 1.48. The quantitative estimate of drug-likeness (QED) is 0.623. The molecule has 10 heteroatoms. The molecule has 1 aliphatic rings. The molecule has 1 aromatic carbocycles. The van der Waals surface area contributed by atoms with E-state index in [4.69, 9.17) is 9.26 Å². The van der Waals surface area contributed by atoms with Crippen LogP contribution in [0.25, 0.3) is 10.9 Å².